The molecule has 2 aromatic rings. The molecule has 1 amide bonds. The van der Waals surface area contributed by atoms with Crippen molar-refractivity contribution in [3.63, 3.8) is 0 Å². The molecule has 1 N–H and O–H groups in total. The van der Waals surface area contributed by atoms with Gasteiger partial charge in [-0.2, -0.15) is 0 Å². The maximum atomic E-state index is 12.4. The summed E-state index contributed by atoms with van der Waals surface area (Å²) in [6.07, 6.45) is 3.45. The van der Waals surface area contributed by atoms with Crippen molar-refractivity contribution in [1.82, 2.24) is 0 Å². The molecule has 130 valence electrons. The van der Waals surface area contributed by atoms with Gasteiger partial charge >= 0.3 is 0 Å². The van der Waals surface area contributed by atoms with Crippen molar-refractivity contribution in [2.75, 3.05) is 5.32 Å². The predicted octanol–water partition coefficient (Wildman–Crippen LogP) is 4.13. The van der Waals surface area contributed by atoms with Crippen LogP contribution in [-0.2, 0) is 4.79 Å². The van der Waals surface area contributed by atoms with Gasteiger partial charge in [-0.3, -0.25) is 4.79 Å². The number of para-hydroxylation sites is 1. The largest absolute Gasteiger partial charge is 0.481 e. The quantitative estimate of drug-likeness (QED) is 0.910. The molecule has 1 atom stereocenters. The Bertz CT molecular complexity index is 769. The third kappa shape index (κ3) is 3.27. The van der Waals surface area contributed by atoms with E-state index in [1.807, 2.05) is 48.5 Å². The average molecular weight is 339 g/mol. The minimum Gasteiger partial charge on any atom is -0.481 e. The summed E-state index contributed by atoms with van der Waals surface area (Å²) in [5, 5.41) is 2.87. The molecule has 1 spiro atoms. The summed E-state index contributed by atoms with van der Waals surface area (Å²) in [7, 11) is 0. The first-order chi connectivity index (χ1) is 12.1. The lowest BCUT2D eigenvalue weighted by Gasteiger charge is -2.21. The van der Waals surface area contributed by atoms with E-state index in [9.17, 15) is 4.79 Å². The number of amides is 1. The summed E-state index contributed by atoms with van der Waals surface area (Å²) < 4.78 is 17.7. The number of fused-ring (bicyclic) bond motifs is 1. The van der Waals surface area contributed by atoms with Crippen LogP contribution in [0.5, 0.6) is 17.2 Å². The Morgan fingerprint density at radius 2 is 1.80 bits per heavy atom. The molecule has 1 saturated carbocycles. The second kappa shape index (κ2) is 6.31. The van der Waals surface area contributed by atoms with Crippen LogP contribution >= 0.6 is 0 Å². The average Bonchev–Trinajstić information content (AvgIpc) is 3.21. The molecule has 0 aromatic heterocycles. The maximum absolute atomic E-state index is 12.4. The van der Waals surface area contributed by atoms with Crippen LogP contribution in [0.3, 0.4) is 0 Å². The molecule has 2 aromatic carbocycles. The van der Waals surface area contributed by atoms with Gasteiger partial charge in [-0.1, -0.05) is 18.2 Å². The second-order valence-electron chi connectivity index (χ2n) is 6.55. The molecule has 1 fully saturated rings. The molecule has 1 aliphatic heterocycles. The van der Waals surface area contributed by atoms with E-state index in [2.05, 4.69) is 5.32 Å². The number of anilines is 1. The van der Waals surface area contributed by atoms with Crippen molar-refractivity contribution in [2.45, 2.75) is 44.5 Å². The normalized spacial score (nSPS) is 18.1. The van der Waals surface area contributed by atoms with E-state index in [0.717, 1.165) is 31.4 Å². The molecule has 0 radical (unpaired) electrons. The van der Waals surface area contributed by atoms with Gasteiger partial charge in [0.1, 0.15) is 5.75 Å². The molecule has 25 heavy (non-hydrogen) atoms. The summed E-state index contributed by atoms with van der Waals surface area (Å²) in [4.78, 5) is 12.4. The van der Waals surface area contributed by atoms with E-state index in [-0.39, 0.29) is 5.91 Å². The van der Waals surface area contributed by atoms with Gasteiger partial charge in [-0.15, -0.1) is 0 Å². The van der Waals surface area contributed by atoms with E-state index < -0.39 is 11.9 Å². The van der Waals surface area contributed by atoms with Gasteiger partial charge < -0.3 is 19.5 Å². The highest BCUT2D eigenvalue weighted by Crippen LogP contribution is 2.47. The molecule has 5 heteroatoms. The van der Waals surface area contributed by atoms with Crippen molar-refractivity contribution in [1.29, 1.82) is 0 Å². The van der Waals surface area contributed by atoms with Crippen LogP contribution in [0.2, 0.25) is 0 Å². The standard InChI is InChI=1S/C20H21NO4/c1-14(23-16-7-3-2-4-8-16)19(22)21-15-9-10-17-18(13-15)25-20(24-17)11-5-6-12-20/h2-4,7-10,13-14H,5-6,11-12H2,1H3,(H,21,22). The van der Waals surface area contributed by atoms with Gasteiger partial charge in [0.15, 0.2) is 17.6 Å². The van der Waals surface area contributed by atoms with Crippen molar-refractivity contribution in [3.05, 3.63) is 48.5 Å². The molecule has 0 saturated heterocycles. The molecular formula is C20H21NO4. The number of ether oxygens (including phenoxy) is 3. The number of rotatable bonds is 4. The van der Waals surface area contributed by atoms with Crippen molar-refractivity contribution < 1.29 is 19.0 Å². The number of hydrogen-bond donors (Lipinski definition) is 1. The minimum atomic E-state index is -0.603. The Morgan fingerprint density at radius 1 is 1.08 bits per heavy atom. The minimum absolute atomic E-state index is 0.210. The summed E-state index contributed by atoms with van der Waals surface area (Å²) in [5.41, 5.74) is 0.672. The van der Waals surface area contributed by atoms with Crippen molar-refractivity contribution >= 4 is 11.6 Å². The lowest BCUT2D eigenvalue weighted by Crippen LogP contribution is -2.34. The van der Waals surface area contributed by atoms with E-state index in [4.69, 9.17) is 14.2 Å². The van der Waals surface area contributed by atoms with Gasteiger partial charge in [0, 0.05) is 24.6 Å². The van der Waals surface area contributed by atoms with Crippen molar-refractivity contribution in [2.24, 2.45) is 0 Å². The Balaban J connectivity index is 1.41. The maximum Gasteiger partial charge on any atom is 0.265 e. The molecule has 4 rings (SSSR count). The number of carbonyl (C=O) groups excluding carboxylic acids is 1. The fourth-order valence-corrected chi connectivity index (χ4v) is 3.29. The van der Waals surface area contributed by atoms with Crippen LogP contribution in [0, 0.1) is 0 Å². The SMILES string of the molecule is CC(Oc1ccccc1)C(=O)Nc1ccc2c(c1)OC1(CCCC1)O2. The first-order valence-electron chi connectivity index (χ1n) is 8.68. The van der Waals surface area contributed by atoms with Crippen LogP contribution in [-0.4, -0.2) is 17.8 Å². The summed E-state index contributed by atoms with van der Waals surface area (Å²) in [6.45, 7) is 1.73. The van der Waals surface area contributed by atoms with E-state index >= 15 is 0 Å². The Morgan fingerprint density at radius 3 is 2.56 bits per heavy atom. The predicted molar refractivity (Wildman–Crippen MR) is 94.1 cm³/mol. The molecule has 1 aliphatic carbocycles. The van der Waals surface area contributed by atoms with Crippen LogP contribution in [0.4, 0.5) is 5.69 Å². The molecule has 1 heterocycles. The highest BCUT2D eigenvalue weighted by Gasteiger charge is 2.44. The second-order valence-corrected chi connectivity index (χ2v) is 6.55. The fourth-order valence-electron chi connectivity index (χ4n) is 3.29. The number of nitrogens with one attached hydrogen (secondary N) is 1. The van der Waals surface area contributed by atoms with E-state index in [0.29, 0.717) is 17.2 Å². The van der Waals surface area contributed by atoms with Gasteiger partial charge in [-0.05, 0) is 44.0 Å². The van der Waals surface area contributed by atoms with Crippen LogP contribution in [0.1, 0.15) is 32.6 Å². The van der Waals surface area contributed by atoms with Gasteiger partial charge in [0.2, 0.25) is 0 Å². The lowest BCUT2D eigenvalue weighted by molar-refractivity contribution is -0.122. The number of hydrogen-bond acceptors (Lipinski definition) is 4. The van der Waals surface area contributed by atoms with Crippen molar-refractivity contribution in [3.8, 4) is 17.2 Å². The topological polar surface area (TPSA) is 56.8 Å². The first-order valence-corrected chi connectivity index (χ1v) is 8.68. The van der Waals surface area contributed by atoms with Crippen LogP contribution in [0.15, 0.2) is 48.5 Å². The monoisotopic (exact) mass is 339 g/mol. The highest BCUT2D eigenvalue weighted by atomic mass is 16.7. The van der Waals surface area contributed by atoms with E-state index in [1.165, 1.54) is 0 Å². The van der Waals surface area contributed by atoms with Crippen LogP contribution in [0.25, 0.3) is 0 Å². The Labute approximate surface area is 146 Å². The summed E-state index contributed by atoms with van der Waals surface area (Å²) >= 11 is 0. The van der Waals surface area contributed by atoms with E-state index in [1.54, 1.807) is 6.92 Å². The zero-order valence-electron chi connectivity index (χ0n) is 14.2. The summed E-state index contributed by atoms with van der Waals surface area (Å²) in [5.74, 6) is 1.40. The van der Waals surface area contributed by atoms with Gasteiger partial charge in [0.25, 0.3) is 11.7 Å². The molecule has 0 bridgehead atoms. The van der Waals surface area contributed by atoms with Gasteiger partial charge in [0.05, 0.1) is 0 Å². The fraction of sp³-hybridized carbons (Fsp3) is 0.350. The Kier molecular flexibility index (Phi) is 3.99. The zero-order valence-corrected chi connectivity index (χ0v) is 14.2. The number of benzene rings is 2. The molecule has 5 nitrogen and oxygen atoms in total. The number of carbonyl (C=O) groups is 1. The molecule has 2 aliphatic rings. The molecular weight excluding hydrogens is 318 g/mol. The van der Waals surface area contributed by atoms with Gasteiger partial charge in [-0.25, -0.2) is 0 Å². The lowest BCUT2D eigenvalue weighted by atomic mass is 10.2. The first kappa shape index (κ1) is 15.8. The van der Waals surface area contributed by atoms with Crippen LogP contribution < -0.4 is 19.5 Å². The smallest absolute Gasteiger partial charge is 0.265 e. The third-order valence-electron chi connectivity index (χ3n) is 4.59. The zero-order chi connectivity index (χ0) is 17.3. The Hall–Kier alpha value is -2.69. The third-order valence-corrected chi connectivity index (χ3v) is 4.59. The summed E-state index contributed by atoms with van der Waals surface area (Å²) in [6, 6.07) is 14.8. The highest BCUT2D eigenvalue weighted by molar-refractivity contribution is 5.94. The molecule has 1 unspecified atom stereocenters.